The highest BCUT2D eigenvalue weighted by Crippen LogP contribution is 2.31. The first-order valence-corrected chi connectivity index (χ1v) is 11.0. The van der Waals surface area contributed by atoms with Crippen molar-refractivity contribution in [3.8, 4) is 0 Å². The van der Waals surface area contributed by atoms with Crippen molar-refractivity contribution in [2.75, 3.05) is 21.4 Å². The number of rotatable bonds is 4. The Balaban J connectivity index is 2.03. The molecule has 0 N–H and O–H groups in total. The largest absolute Gasteiger partial charge is 0.332 e. The highest BCUT2D eigenvalue weighted by Gasteiger charge is 2.40. The summed E-state index contributed by atoms with van der Waals surface area (Å²) in [6.07, 6.45) is 0. The van der Waals surface area contributed by atoms with Crippen LogP contribution < -0.4 is 9.80 Å². The van der Waals surface area contributed by atoms with Crippen molar-refractivity contribution in [2.45, 2.75) is 39.8 Å². The van der Waals surface area contributed by atoms with Gasteiger partial charge in [-0.3, -0.25) is 9.00 Å². The third-order valence-electron chi connectivity index (χ3n) is 4.67. The first-order valence-electron chi connectivity index (χ1n) is 9.13. The molecular weight excluding hydrogens is 420 g/mol. The van der Waals surface area contributed by atoms with Crippen LogP contribution >= 0.6 is 11.6 Å². The van der Waals surface area contributed by atoms with E-state index in [9.17, 15) is 17.8 Å². The lowest BCUT2D eigenvalue weighted by atomic mass is 10.1. The topological polar surface area (TPSA) is 53.5 Å². The van der Waals surface area contributed by atoms with Gasteiger partial charge in [0.1, 0.15) is 23.5 Å². The van der Waals surface area contributed by atoms with Gasteiger partial charge in [0, 0.05) is 28.6 Å². The molecule has 2 heterocycles. The Morgan fingerprint density at radius 1 is 1.24 bits per heavy atom. The molecule has 1 aromatic carbocycles. The Kier molecular flexibility index (Phi) is 6.24. The van der Waals surface area contributed by atoms with Gasteiger partial charge in [-0.15, -0.1) is 0 Å². The lowest BCUT2D eigenvalue weighted by Crippen LogP contribution is -2.50. The number of aryl methyl sites for hydroxylation is 2. The number of nitrogens with zero attached hydrogens (tertiary/aromatic N) is 3. The van der Waals surface area contributed by atoms with E-state index in [-0.39, 0.29) is 22.3 Å². The van der Waals surface area contributed by atoms with Gasteiger partial charge in [-0.25, -0.2) is 13.8 Å². The van der Waals surface area contributed by atoms with Crippen LogP contribution in [0.15, 0.2) is 24.3 Å². The van der Waals surface area contributed by atoms with E-state index in [1.165, 1.54) is 4.90 Å². The molecule has 3 rings (SSSR count). The van der Waals surface area contributed by atoms with Gasteiger partial charge in [-0.2, -0.15) is 0 Å². The number of aromatic nitrogens is 1. The zero-order valence-electron chi connectivity index (χ0n) is 16.6. The molecule has 5 nitrogen and oxygen atoms in total. The molecule has 1 aromatic heterocycles. The van der Waals surface area contributed by atoms with Crippen molar-refractivity contribution in [3.63, 3.8) is 0 Å². The van der Waals surface area contributed by atoms with Crippen molar-refractivity contribution in [2.24, 2.45) is 0 Å². The third-order valence-corrected chi connectivity index (χ3v) is 6.21. The lowest BCUT2D eigenvalue weighted by Gasteiger charge is -2.33. The van der Waals surface area contributed by atoms with Gasteiger partial charge in [0.05, 0.1) is 22.3 Å². The molecule has 1 aliphatic heterocycles. The molecule has 2 atom stereocenters. The molecule has 1 fully saturated rings. The summed E-state index contributed by atoms with van der Waals surface area (Å²) < 4.78 is 40.4. The van der Waals surface area contributed by atoms with Crippen LogP contribution in [-0.4, -0.2) is 38.8 Å². The Morgan fingerprint density at radius 3 is 2.55 bits per heavy atom. The number of hydrogen-bond acceptors (Lipinski definition) is 4. The molecule has 29 heavy (non-hydrogen) atoms. The average Bonchev–Trinajstić information content (AvgIpc) is 3.00. The number of carbonyl (C=O) groups is 1. The van der Waals surface area contributed by atoms with E-state index in [1.807, 2.05) is 26.0 Å². The average molecular weight is 442 g/mol. The first-order chi connectivity index (χ1) is 13.6. The molecule has 0 spiro atoms. The monoisotopic (exact) mass is 441 g/mol. The highest BCUT2D eigenvalue weighted by molar-refractivity contribution is 7.85. The minimum Gasteiger partial charge on any atom is -0.332 e. The highest BCUT2D eigenvalue weighted by atomic mass is 35.5. The molecule has 1 saturated heterocycles. The Bertz CT molecular complexity index is 966. The molecule has 0 bridgehead atoms. The maximum Gasteiger partial charge on any atom is 0.251 e. The number of carbonyl (C=O) groups excluding carboxylic acids is 1. The normalized spacial score (nSPS) is 19.1. The number of amides is 1. The van der Waals surface area contributed by atoms with Gasteiger partial charge >= 0.3 is 0 Å². The Morgan fingerprint density at radius 2 is 1.93 bits per heavy atom. The third kappa shape index (κ3) is 4.43. The Hall–Kier alpha value is -2.06. The summed E-state index contributed by atoms with van der Waals surface area (Å²) in [7, 11) is -1.26. The van der Waals surface area contributed by atoms with Crippen LogP contribution in [0.5, 0.6) is 0 Å². The van der Waals surface area contributed by atoms with Crippen molar-refractivity contribution in [1.29, 1.82) is 0 Å². The summed E-state index contributed by atoms with van der Waals surface area (Å²) in [4.78, 5) is 20.9. The first kappa shape index (κ1) is 21.6. The van der Waals surface area contributed by atoms with Crippen LogP contribution in [0.2, 0.25) is 5.02 Å². The summed E-state index contributed by atoms with van der Waals surface area (Å²) in [5.41, 5.74) is 1.64. The molecule has 9 heteroatoms. The summed E-state index contributed by atoms with van der Waals surface area (Å²) in [5, 5.41) is -0.275. The second kappa shape index (κ2) is 8.36. The predicted octanol–water partition coefficient (Wildman–Crippen LogP) is 3.97. The van der Waals surface area contributed by atoms with E-state index in [4.69, 9.17) is 11.6 Å². The van der Waals surface area contributed by atoms with E-state index < -0.39 is 40.4 Å². The fourth-order valence-electron chi connectivity index (χ4n) is 3.47. The summed E-state index contributed by atoms with van der Waals surface area (Å²) in [6.45, 7) is 7.20. The predicted molar refractivity (Wildman–Crippen MR) is 112 cm³/mol. The standard InChI is InChI=1S/C20H22ClF2N3O2S/c1-11(2)26(17-7-14(21)15(22)8-16(17)23)20(27)18-9-29(28)10-25(18)19-6-12(3)5-13(4)24-19/h5-8,11,18H,9-10H2,1-4H3/t18-,29?/m1/s1. The van der Waals surface area contributed by atoms with Gasteiger partial charge in [0.25, 0.3) is 5.91 Å². The summed E-state index contributed by atoms with van der Waals surface area (Å²) in [5.74, 6) is -1.41. The van der Waals surface area contributed by atoms with E-state index >= 15 is 0 Å². The molecule has 0 radical (unpaired) electrons. The van der Waals surface area contributed by atoms with E-state index in [1.54, 1.807) is 18.7 Å². The van der Waals surface area contributed by atoms with Crippen LogP contribution in [0, 0.1) is 25.5 Å². The second-order valence-corrected chi connectivity index (χ2v) is 9.26. The Labute approximate surface area is 176 Å². The second-order valence-electron chi connectivity index (χ2n) is 7.38. The van der Waals surface area contributed by atoms with Gasteiger partial charge in [0.15, 0.2) is 0 Å². The summed E-state index contributed by atoms with van der Waals surface area (Å²) in [6, 6.07) is 4.29. The molecular formula is C20H22ClF2N3O2S. The minimum atomic E-state index is -1.26. The van der Waals surface area contributed by atoms with Gasteiger partial charge < -0.3 is 9.80 Å². The molecule has 156 valence electrons. The fourth-order valence-corrected chi connectivity index (χ4v) is 5.03. The smallest absolute Gasteiger partial charge is 0.251 e. The maximum atomic E-state index is 14.5. The van der Waals surface area contributed by atoms with Crippen LogP contribution in [0.3, 0.4) is 0 Å². The van der Waals surface area contributed by atoms with Gasteiger partial charge in [-0.05, 0) is 51.5 Å². The molecule has 1 aliphatic rings. The fraction of sp³-hybridized carbons (Fsp3) is 0.400. The van der Waals surface area contributed by atoms with Crippen molar-refractivity contribution < 1.29 is 17.8 Å². The molecule has 0 saturated carbocycles. The van der Waals surface area contributed by atoms with Crippen molar-refractivity contribution in [3.05, 3.63) is 52.2 Å². The number of anilines is 2. The number of pyridine rings is 1. The molecule has 0 aliphatic carbocycles. The van der Waals surface area contributed by atoms with Crippen LogP contribution in [0.1, 0.15) is 25.1 Å². The zero-order chi connectivity index (χ0) is 21.5. The van der Waals surface area contributed by atoms with E-state index in [0.717, 1.165) is 17.3 Å². The van der Waals surface area contributed by atoms with Gasteiger partial charge in [0.2, 0.25) is 0 Å². The number of halogens is 3. The van der Waals surface area contributed by atoms with Gasteiger partial charge in [-0.1, -0.05) is 11.6 Å². The molecule has 2 aromatic rings. The van der Waals surface area contributed by atoms with Crippen molar-refractivity contribution >= 4 is 39.8 Å². The number of benzene rings is 1. The van der Waals surface area contributed by atoms with Crippen LogP contribution in [0.4, 0.5) is 20.3 Å². The van der Waals surface area contributed by atoms with E-state index in [0.29, 0.717) is 11.9 Å². The zero-order valence-corrected chi connectivity index (χ0v) is 18.2. The van der Waals surface area contributed by atoms with Crippen molar-refractivity contribution in [1.82, 2.24) is 4.98 Å². The van der Waals surface area contributed by atoms with Crippen LogP contribution in [-0.2, 0) is 15.6 Å². The molecule has 1 amide bonds. The SMILES string of the molecule is Cc1cc(C)nc(N2CS(=O)C[C@@H]2C(=O)N(c2cc(Cl)c(F)cc2F)C(C)C)c1. The quantitative estimate of drug-likeness (QED) is 0.674. The summed E-state index contributed by atoms with van der Waals surface area (Å²) >= 11 is 5.83. The minimum absolute atomic E-state index is 0.104. The van der Waals surface area contributed by atoms with Crippen LogP contribution in [0.25, 0.3) is 0 Å². The molecule has 1 unspecified atom stereocenters. The number of hydrogen-bond donors (Lipinski definition) is 0. The maximum absolute atomic E-state index is 14.5. The van der Waals surface area contributed by atoms with E-state index in [2.05, 4.69) is 4.98 Å². The lowest BCUT2D eigenvalue weighted by molar-refractivity contribution is -0.119.